The van der Waals surface area contributed by atoms with Gasteiger partial charge in [0, 0.05) is 29.1 Å². The van der Waals surface area contributed by atoms with Gasteiger partial charge >= 0.3 is 5.97 Å². The summed E-state index contributed by atoms with van der Waals surface area (Å²) in [5.74, 6) is -1.25. The molecule has 2 heterocycles. The van der Waals surface area contributed by atoms with Crippen molar-refractivity contribution in [2.45, 2.75) is 0 Å². The highest BCUT2D eigenvalue weighted by molar-refractivity contribution is 6.10. The van der Waals surface area contributed by atoms with Gasteiger partial charge in [-0.15, -0.1) is 0 Å². The van der Waals surface area contributed by atoms with E-state index in [0.29, 0.717) is 28.1 Å². The van der Waals surface area contributed by atoms with Crippen LogP contribution >= 0.6 is 0 Å². The van der Waals surface area contributed by atoms with Crippen LogP contribution in [0.1, 0.15) is 11.1 Å². The number of carbonyl (C=O) groups is 1. The molecule has 0 bridgehead atoms. The van der Waals surface area contributed by atoms with Crippen LogP contribution in [0.25, 0.3) is 17.0 Å². The van der Waals surface area contributed by atoms with E-state index in [9.17, 15) is 4.79 Å². The van der Waals surface area contributed by atoms with E-state index in [2.05, 4.69) is 9.97 Å². The summed E-state index contributed by atoms with van der Waals surface area (Å²) < 4.78 is 0. The third-order valence-corrected chi connectivity index (χ3v) is 2.95. The van der Waals surface area contributed by atoms with Crippen molar-refractivity contribution < 1.29 is 9.90 Å². The second-order valence-corrected chi connectivity index (χ2v) is 3.97. The zero-order valence-corrected chi connectivity index (χ0v) is 9.66. The maximum absolute atomic E-state index is 11.2. The fourth-order valence-corrected chi connectivity index (χ4v) is 2.22. The van der Waals surface area contributed by atoms with E-state index < -0.39 is 5.97 Å². The Morgan fingerprint density at radius 3 is 2.05 bits per heavy atom. The average molecular weight is 249 g/mol. The molecule has 0 unspecified atom stereocenters. The summed E-state index contributed by atoms with van der Waals surface area (Å²) in [7, 11) is 0. The number of carboxylic acids is 1. The van der Waals surface area contributed by atoms with Gasteiger partial charge in [-0.1, -0.05) is 12.1 Å². The van der Waals surface area contributed by atoms with E-state index in [1.54, 1.807) is 42.7 Å². The van der Waals surface area contributed by atoms with Gasteiger partial charge in [-0.2, -0.15) is 5.26 Å². The lowest BCUT2D eigenvalue weighted by molar-refractivity contribution is -0.132. The molecule has 0 aromatic carbocycles. The van der Waals surface area contributed by atoms with Crippen LogP contribution in [-0.4, -0.2) is 21.0 Å². The van der Waals surface area contributed by atoms with E-state index in [-0.39, 0.29) is 5.57 Å². The predicted molar refractivity (Wildman–Crippen MR) is 66.7 cm³/mol. The third-order valence-electron chi connectivity index (χ3n) is 2.95. The van der Waals surface area contributed by atoms with Gasteiger partial charge in [0.15, 0.2) is 0 Å². The average Bonchev–Trinajstić information content (AvgIpc) is 2.75. The largest absolute Gasteiger partial charge is 0.477 e. The molecule has 1 aliphatic rings. The van der Waals surface area contributed by atoms with Crippen LogP contribution < -0.4 is 0 Å². The molecule has 2 aromatic rings. The lowest BCUT2D eigenvalue weighted by atomic mass is 10.00. The summed E-state index contributed by atoms with van der Waals surface area (Å²) >= 11 is 0. The smallest absolute Gasteiger partial charge is 0.347 e. The lowest BCUT2D eigenvalue weighted by Gasteiger charge is -2.02. The number of fused-ring (bicyclic) bond motifs is 3. The van der Waals surface area contributed by atoms with Crippen molar-refractivity contribution in [3.63, 3.8) is 0 Å². The van der Waals surface area contributed by atoms with Crippen molar-refractivity contribution in [3.05, 3.63) is 53.4 Å². The highest BCUT2D eigenvalue weighted by Gasteiger charge is 2.30. The summed E-state index contributed by atoms with van der Waals surface area (Å²) in [6.45, 7) is 0. The number of pyridine rings is 2. The van der Waals surface area contributed by atoms with E-state index in [1.807, 2.05) is 0 Å². The quantitative estimate of drug-likeness (QED) is 0.525. The third kappa shape index (κ3) is 1.51. The number of aliphatic carboxylic acids is 1. The maximum Gasteiger partial charge on any atom is 0.347 e. The number of nitriles is 1. The monoisotopic (exact) mass is 249 g/mol. The van der Waals surface area contributed by atoms with Crippen molar-refractivity contribution in [2.75, 3.05) is 0 Å². The molecular formula is C14H7N3O2. The number of nitrogens with zero attached hydrogens (tertiary/aromatic N) is 3. The van der Waals surface area contributed by atoms with Crippen LogP contribution in [0.2, 0.25) is 0 Å². The molecule has 0 fully saturated rings. The van der Waals surface area contributed by atoms with E-state index in [0.717, 1.165) is 0 Å². The lowest BCUT2D eigenvalue weighted by Crippen LogP contribution is -2.02. The first-order valence-corrected chi connectivity index (χ1v) is 5.53. The molecule has 2 aromatic heterocycles. The standard InChI is InChI=1S/C14H7N3O2/c15-7-10(14(18)19)11-8-3-1-5-16-12(8)13-9(11)4-2-6-17-13/h1-6H,(H,18,19). The first-order valence-electron chi connectivity index (χ1n) is 5.53. The second-order valence-electron chi connectivity index (χ2n) is 3.97. The number of hydrogen-bond donors (Lipinski definition) is 1. The number of hydrogen-bond acceptors (Lipinski definition) is 4. The Morgan fingerprint density at radius 2 is 1.63 bits per heavy atom. The molecule has 0 saturated heterocycles. The van der Waals surface area contributed by atoms with Gasteiger partial charge < -0.3 is 5.11 Å². The Bertz CT molecular complexity index is 725. The minimum absolute atomic E-state index is 0.291. The van der Waals surface area contributed by atoms with Gasteiger partial charge in [0.2, 0.25) is 0 Å². The Balaban J connectivity index is 2.45. The molecular weight excluding hydrogens is 242 g/mol. The molecule has 0 amide bonds. The molecule has 0 saturated carbocycles. The molecule has 0 aliphatic heterocycles. The zero-order chi connectivity index (χ0) is 13.4. The normalized spacial score (nSPS) is 11.4. The first-order chi connectivity index (χ1) is 9.24. The molecule has 19 heavy (non-hydrogen) atoms. The first kappa shape index (κ1) is 11.1. The Morgan fingerprint density at radius 1 is 1.11 bits per heavy atom. The summed E-state index contributed by atoms with van der Waals surface area (Å²) in [5, 5.41) is 18.2. The van der Waals surface area contributed by atoms with Crippen LogP contribution in [-0.2, 0) is 4.79 Å². The van der Waals surface area contributed by atoms with Crippen LogP contribution in [0.4, 0.5) is 0 Å². The summed E-state index contributed by atoms with van der Waals surface area (Å²) in [6, 6.07) is 8.67. The van der Waals surface area contributed by atoms with Crippen molar-refractivity contribution in [1.29, 1.82) is 5.26 Å². The molecule has 1 N–H and O–H groups in total. The van der Waals surface area contributed by atoms with E-state index >= 15 is 0 Å². The molecule has 5 nitrogen and oxygen atoms in total. The van der Waals surface area contributed by atoms with Crippen LogP contribution in [0, 0.1) is 11.3 Å². The number of carboxylic acid groups (broad SMARTS) is 1. The van der Waals surface area contributed by atoms with Crippen molar-refractivity contribution in [1.82, 2.24) is 9.97 Å². The van der Waals surface area contributed by atoms with Gasteiger partial charge in [-0.3, -0.25) is 9.97 Å². The van der Waals surface area contributed by atoms with Crippen LogP contribution in [0.15, 0.2) is 42.2 Å². The fraction of sp³-hybridized carbons (Fsp3) is 0. The molecule has 0 atom stereocenters. The summed E-state index contributed by atoms with van der Waals surface area (Å²) in [6.07, 6.45) is 3.24. The van der Waals surface area contributed by atoms with Gasteiger partial charge in [0.1, 0.15) is 11.6 Å². The van der Waals surface area contributed by atoms with Gasteiger partial charge in [-0.05, 0) is 12.1 Å². The topological polar surface area (TPSA) is 86.9 Å². The van der Waals surface area contributed by atoms with Gasteiger partial charge in [0.25, 0.3) is 0 Å². The predicted octanol–water partition coefficient (Wildman–Crippen LogP) is 1.87. The van der Waals surface area contributed by atoms with Crippen LogP contribution in [0.3, 0.4) is 0 Å². The van der Waals surface area contributed by atoms with Crippen molar-refractivity contribution in [2.24, 2.45) is 0 Å². The minimum Gasteiger partial charge on any atom is -0.477 e. The molecule has 90 valence electrons. The Labute approximate surface area is 108 Å². The van der Waals surface area contributed by atoms with Crippen molar-refractivity contribution in [3.8, 4) is 17.5 Å². The number of aromatic nitrogens is 2. The molecule has 5 heteroatoms. The molecule has 0 radical (unpaired) electrons. The van der Waals surface area contributed by atoms with E-state index in [1.165, 1.54) is 0 Å². The Kier molecular flexibility index (Phi) is 2.36. The minimum atomic E-state index is -1.25. The van der Waals surface area contributed by atoms with Crippen molar-refractivity contribution >= 4 is 11.5 Å². The number of rotatable bonds is 1. The van der Waals surface area contributed by atoms with Gasteiger partial charge in [0.05, 0.1) is 11.4 Å². The molecule has 0 spiro atoms. The summed E-state index contributed by atoms with van der Waals surface area (Å²) in [4.78, 5) is 19.7. The highest BCUT2D eigenvalue weighted by atomic mass is 16.4. The van der Waals surface area contributed by atoms with Gasteiger partial charge in [-0.25, -0.2) is 4.79 Å². The fourth-order valence-electron chi connectivity index (χ4n) is 2.22. The maximum atomic E-state index is 11.2. The zero-order valence-electron chi connectivity index (χ0n) is 9.66. The Hall–Kier alpha value is -3.00. The van der Waals surface area contributed by atoms with Crippen LogP contribution in [0.5, 0.6) is 0 Å². The highest BCUT2D eigenvalue weighted by Crippen LogP contribution is 2.42. The summed E-state index contributed by atoms with van der Waals surface area (Å²) in [5.41, 5.74) is 2.59. The molecule has 3 rings (SSSR count). The molecule has 1 aliphatic carbocycles. The second kappa shape index (κ2) is 4.03. The van der Waals surface area contributed by atoms with E-state index in [4.69, 9.17) is 10.4 Å². The SMILES string of the molecule is N#CC(C(=O)O)=C1c2cccnc2-c2ncccc21.